The van der Waals surface area contributed by atoms with Gasteiger partial charge in [0.2, 0.25) is 5.13 Å². The molecule has 0 saturated heterocycles. The van der Waals surface area contributed by atoms with Gasteiger partial charge < -0.3 is 10.1 Å². The summed E-state index contributed by atoms with van der Waals surface area (Å²) in [6.07, 6.45) is 2.34. The van der Waals surface area contributed by atoms with E-state index < -0.39 is 0 Å². The Labute approximate surface area is 136 Å². The minimum Gasteiger partial charge on any atom is -0.492 e. The van der Waals surface area contributed by atoms with E-state index in [2.05, 4.69) is 20.8 Å². The zero-order chi connectivity index (χ0) is 15.4. The van der Waals surface area contributed by atoms with Crippen molar-refractivity contribution in [2.75, 3.05) is 18.5 Å². The highest BCUT2D eigenvalue weighted by atomic mass is 35.5. The van der Waals surface area contributed by atoms with Gasteiger partial charge in [-0.25, -0.2) is 4.79 Å². The third-order valence-corrected chi connectivity index (χ3v) is 4.31. The molecule has 2 amide bonds. The highest BCUT2D eigenvalue weighted by Gasteiger charge is 2.27. The lowest BCUT2D eigenvalue weighted by Gasteiger charge is -2.07. The van der Waals surface area contributed by atoms with Crippen molar-refractivity contribution >= 4 is 34.1 Å². The lowest BCUT2D eigenvalue weighted by molar-refractivity contribution is 0.247. The predicted molar refractivity (Wildman–Crippen MR) is 85.9 cm³/mol. The first kappa shape index (κ1) is 15.1. The summed E-state index contributed by atoms with van der Waals surface area (Å²) in [4.78, 5) is 11.7. The van der Waals surface area contributed by atoms with Crippen molar-refractivity contribution in [2.24, 2.45) is 0 Å². The van der Waals surface area contributed by atoms with Gasteiger partial charge in [0.25, 0.3) is 0 Å². The Hall–Kier alpha value is -1.86. The molecule has 0 atom stereocenters. The number of hydrogen-bond acceptors (Lipinski definition) is 5. The van der Waals surface area contributed by atoms with Crippen molar-refractivity contribution in [3.05, 3.63) is 34.3 Å². The van der Waals surface area contributed by atoms with Crippen LogP contribution in [0.4, 0.5) is 9.93 Å². The van der Waals surface area contributed by atoms with Crippen LogP contribution in [0.3, 0.4) is 0 Å². The average molecular weight is 339 g/mol. The fourth-order valence-electron chi connectivity index (χ4n) is 1.79. The van der Waals surface area contributed by atoms with Crippen LogP contribution in [0.2, 0.25) is 5.02 Å². The molecule has 0 aliphatic heterocycles. The van der Waals surface area contributed by atoms with Gasteiger partial charge in [-0.15, -0.1) is 10.2 Å². The van der Waals surface area contributed by atoms with Crippen LogP contribution in [-0.2, 0) is 0 Å². The van der Waals surface area contributed by atoms with Gasteiger partial charge in [0.1, 0.15) is 17.4 Å². The van der Waals surface area contributed by atoms with E-state index in [0.717, 1.165) is 5.01 Å². The Morgan fingerprint density at radius 2 is 2.09 bits per heavy atom. The molecule has 2 N–H and O–H groups in total. The van der Waals surface area contributed by atoms with Gasteiger partial charge in [0, 0.05) is 10.9 Å². The van der Waals surface area contributed by atoms with Crippen LogP contribution in [0.15, 0.2) is 24.3 Å². The molecule has 1 aromatic carbocycles. The van der Waals surface area contributed by atoms with Gasteiger partial charge in [-0.05, 0) is 37.1 Å². The van der Waals surface area contributed by atoms with Gasteiger partial charge in [-0.2, -0.15) is 0 Å². The smallest absolute Gasteiger partial charge is 0.321 e. The van der Waals surface area contributed by atoms with E-state index in [1.807, 2.05) is 0 Å². The molecule has 6 nitrogen and oxygen atoms in total. The molecule has 0 unspecified atom stereocenters. The monoisotopic (exact) mass is 338 g/mol. The van der Waals surface area contributed by atoms with Crippen molar-refractivity contribution in [3.63, 3.8) is 0 Å². The number of halogens is 1. The van der Waals surface area contributed by atoms with Crippen molar-refractivity contribution in [3.8, 4) is 5.75 Å². The largest absolute Gasteiger partial charge is 0.492 e. The quantitative estimate of drug-likeness (QED) is 0.792. The molecule has 1 heterocycles. The molecular weight excluding hydrogens is 324 g/mol. The van der Waals surface area contributed by atoms with Crippen molar-refractivity contribution in [1.29, 1.82) is 0 Å². The van der Waals surface area contributed by atoms with Crippen molar-refractivity contribution in [2.45, 2.75) is 18.8 Å². The normalized spacial score (nSPS) is 13.7. The lowest BCUT2D eigenvalue weighted by Crippen LogP contribution is -2.32. The van der Waals surface area contributed by atoms with E-state index >= 15 is 0 Å². The Morgan fingerprint density at radius 3 is 2.82 bits per heavy atom. The first-order valence-electron chi connectivity index (χ1n) is 6.97. The Kier molecular flexibility index (Phi) is 4.74. The number of benzene rings is 1. The van der Waals surface area contributed by atoms with E-state index in [1.165, 1.54) is 24.2 Å². The zero-order valence-electron chi connectivity index (χ0n) is 11.7. The minimum atomic E-state index is -0.307. The molecule has 116 valence electrons. The standard InChI is InChI=1S/C14H15ClN4O2S/c15-10-3-5-11(6-4-10)21-8-7-16-13(20)17-14-19-18-12(22-14)9-1-2-9/h3-6,9H,1-2,7-8H2,(H2,16,17,19,20). The van der Waals surface area contributed by atoms with Gasteiger partial charge in [-0.1, -0.05) is 22.9 Å². The molecule has 8 heteroatoms. The maximum Gasteiger partial charge on any atom is 0.321 e. The molecule has 1 fully saturated rings. The van der Waals surface area contributed by atoms with Crippen LogP contribution in [0.25, 0.3) is 0 Å². The topological polar surface area (TPSA) is 76.1 Å². The maximum absolute atomic E-state index is 11.7. The van der Waals surface area contributed by atoms with Crippen LogP contribution in [0.5, 0.6) is 5.75 Å². The molecule has 22 heavy (non-hydrogen) atoms. The number of carbonyl (C=O) groups is 1. The molecule has 1 aliphatic carbocycles. The summed E-state index contributed by atoms with van der Waals surface area (Å²) in [5.41, 5.74) is 0. The number of nitrogens with zero attached hydrogens (tertiary/aromatic N) is 2. The van der Waals surface area contributed by atoms with Gasteiger partial charge in [-0.3, -0.25) is 5.32 Å². The van der Waals surface area contributed by atoms with Crippen LogP contribution >= 0.6 is 22.9 Å². The minimum absolute atomic E-state index is 0.307. The average Bonchev–Trinajstić information content (AvgIpc) is 3.26. The van der Waals surface area contributed by atoms with Gasteiger partial charge in [0.15, 0.2) is 0 Å². The third-order valence-electron chi connectivity index (χ3n) is 3.06. The molecule has 1 aliphatic rings. The maximum atomic E-state index is 11.7. The SMILES string of the molecule is O=C(NCCOc1ccc(Cl)cc1)Nc1nnc(C2CC2)s1. The second kappa shape index (κ2) is 6.93. The number of carbonyl (C=O) groups excluding carboxylic acids is 1. The number of hydrogen-bond donors (Lipinski definition) is 2. The molecule has 0 bridgehead atoms. The van der Waals surface area contributed by atoms with Gasteiger partial charge >= 0.3 is 6.03 Å². The number of nitrogens with one attached hydrogen (secondary N) is 2. The van der Waals surface area contributed by atoms with Crippen LogP contribution < -0.4 is 15.4 Å². The van der Waals surface area contributed by atoms with E-state index in [9.17, 15) is 4.79 Å². The summed E-state index contributed by atoms with van der Waals surface area (Å²) < 4.78 is 5.48. The Bertz CT molecular complexity index is 643. The van der Waals surface area contributed by atoms with Crippen molar-refractivity contribution in [1.82, 2.24) is 15.5 Å². The molecule has 3 rings (SSSR count). The van der Waals surface area contributed by atoms with E-state index in [-0.39, 0.29) is 6.03 Å². The Morgan fingerprint density at radius 1 is 1.32 bits per heavy atom. The zero-order valence-corrected chi connectivity index (χ0v) is 13.3. The summed E-state index contributed by atoms with van der Waals surface area (Å²) in [5.74, 6) is 1.26. The van der Waals surface area contributed by atoms with Crippen LogP contribution in [-0.4, -0.2) is 29.4 Å². The summed E-state index contributed by atoms with van der Waals surface area (Å²) >= 11 is 7.22. The predicted octanol–water partition coefficient (Wildman–Crippen LogP) is 3.27. The summed E-state index contributed by atoms with van der Waals surface area (Å²) in [6.45, 7) is 0.765. The molecular formula is C14H15ClN4O2S. The summed E-state index contributed by atoms with van der Waals surface area (Å²) in [7, 11) is 0. The second-order valence-electron chi connectivity index (χ2n) is 4.90. The number of rotatable bonds is 6. The highest BCUT2D eigenvalue weighted by Crippen LogP contribution is 2.41. The first-order chi connectivity index (χ1) is 10.7. The number of amides is 2. The molecule has 1 saturated carbocycles. The number of aromatic nitrogens is 2. The Balaban J connectivity index is 1.35. The molecule has 0 spiro atoms. The first-order valence-corrected chi connectivity index (χ1v) is 8.17. The summed E-state index contributed by atoms with van der Waals surface area (Å²) in [5, 5.41) is 15.6. The highest BCUT2D eigenvalue weighted by molar-refractivity contribution is 7.15. The van der Waals surface area contributed by atoms with Crippen LogP contribution in [0, 0.1) is 0 Å². The number of anilines is 1. The van der Waals surface area contributed by atoms with Crippen molar-refractivity contribution < 1.29 is 9.53 Å². The van der Waals surface area contributed by atoms with E-state index in [4.69, 9.17) is 16.3 Å². The molecule has 2 aromatic rings. The van der Waals surface area contributed by atoms with E-state index in [1.54, 1.807) is 24.3 Å². The fraction of sp³-hybridized carbons (Fsp3) is 0.357. The lowest BCUT2D eigenvalue weighted by atomic mass is 10.3. The summed E-state index contributed by atoms with van der Waals surface area (Å²) in [6, 6.07) is 6.76. The van der Waals surface area contributed by atoms with E-state index in [0.29, 0.717) is 35.0 Å². The fourth-order valence-corrected chi connectivity index (χ4v) is 2.82. The van der Waals surface area contributed by atoms with Gasteiger partial charge in [0.05, 0.1) is 6.54 Å². The third kappa shape index (κ3) is 4.32. The molecule has 0 radical (unpaired) electrons. The molecule has 1 aromatic heterocycles. The second-order valence-corrected chi connectivity index (χ2v) is 6.35. The number of ether oxygens (including phenoxy) is 1. The van der Waals surface area contributed by atoms with Crippen LogP contribution in [0.1, 0.15) is 23.8 Å². The number of urea groups is 1.